The van der Waals surface area contributed by atoms with Crippen LogP contribution < -0.4 is 5.32 Å². The van der Waals surface area contributed by atoms with Gasteiger partial charge in [-0.1, -0.05) is 27.7 Å². The van der Waals surface area contributed by atoms with E-state index in [-0.39, 0.29) is 16.2 Å². The molecule has 4 rings (SSSR count). The first-order chi connectivity index (χ1) is 16.1. The lowest BCUT2D eigenvalue weighted by Gasteiger charge is -2.29. The summed E-state index contributed by atoms with van der Waals surface area (Å²) in [4.78, 5) is 21.7. The number of anilines is 1. The van der Waals surface area contributed by atoms with Crippen molar-refractivity contribution in [2.24, 2.45) is 5.92 Å². The van der Waals surface area contributed by atoms with E-state index in [4.69, 9.17) is 0 Å². The van der Waals surface area contributed by atoms with Gasteiger partial charge in [0, 0.05) is 42.5 Å². The van der Waals surface area contributed by atoms with E-state index in [1.807, 2.05) is 20.8 Å². The monoisotopic (exact) mass is 482 g/mol. The Labute approximate surface area is 200 Å². The van der Waals surface area contributed by atoms with Gasteiger partial charge in [-0.25, -0.2) is 18.4 Å². The number of amides is 1. The second-order valence-corrected chi connectivity index (χ2v) is 11.6. The van der Waals surface area contributed by atoms with Crippen LogP contribution in [0.4, 0.5) is 5.82 Å². The molecule has 3 aromatic rings. The molecule has 1 aliphatic rings. The first kappa shape index (κ1) is 24.0. The standard InChI is InChI=1S/C24H30N6O3S/c1-17-10-14-29(15-11-17)34(32,33)19-8-6-18(7-9-19)22(31)27-21-16-20(24(2,3)4)28-30(21)23-25-12-5-13-26-23/h5-9,12-13,16-17H,10-11,14-15H2,1-4H3,(H,27,31). The molecule has 0 radical (unpaired) electrons. The molecule has 180 valence electrons. The molecule has 10 heteroatoms. The van der Waals surface area contributed by atoms with Crippen LogP contribution in [0.1, 0.15) is 56.6 Å². The molecule has 9 nitrogen and oxygen atoms in total. The molecule has 0 saturated carbocycles. The Morgan fingerprint density at radius 3 is 2.26 bits per heavy atom. The van der Waals surface area contributed by atoms with Crippen LogP contribution in [0.5, 0.6) is 0 Å². The van der Waals surface area contributed by atoms with Crippen molar-refractivity contribution in [1.82, 2.24) is 24.1 Å². The number of carbonyl (C=O) groups is 1. The van der Waals surface area contributed by atoms with Crippen LogP contribution in [0.25, 0.3) is 5.95 Å². The van der Waals surface area contributed by atoms with E-state index in [0.29, 0.717) is 36.3 Å². The Hall–Kier alpha value is -3.11. The van der Waals surface area contributed by atoms with E-state index in [9.17, 15) is 13.2 Å². The zero-order valence-electron chi connectivity index (χ0n) is 19.9. The van der Waals surface area contributed by atoms with Crippen molar-refractivity contribution in [3.8, 4) is 5.95 Å². The van der Waals surface area contributed by atoms with Crippen molar-refractivity contribution in [2.45, 2.75) is 50.8 Å². The van der Waals surface area contributed by atoms with Crippen LogP contribution in [0.2, 0.25) is 0 Å². The fourth-order valence-electron chi connectivity index (χ4n) is 3.73. The van der Waals surface area contributed by atoms with Crippen LogP contribution in [0, 0.1) is 5.92 Å². The number of nitrogens with zero attached hydrogens (tertiary/aromatic N) is 5. The summed E-state index contributed by atoms with van der Waals surface area (Å²) in [6, 6.07) is 9.53. The van der Waals surface area contributed by atoms with E-state index < -0.39 is 10.0 Å². The number of hydrogen-bond acceptors (Lipinski definition) is 6. The molecule has 0 unspecified atom stereocenters. The third-order valence-electron chi connectivity index (χ3n) is 5.96. The first-order valence-corrected chi connectivity index (χ1v) is 12.8. The summed E-state index contributed by atoms with van der Waals surface area (Å²) in [6.07, 6.45) is 4.92. The molecule has 0 spiro atoms. The summed E-state index contributed by atoms with van der Waals surface area (Å²) in [5, 5.41) is 7.46. The summed E-state index contributed by atoms with van der Waals surface area (Å²) in [5.74, 6) is 0.921. The number of rotatable bonds is 5. The molecule has 1 fully saturated rings. The second-order valence-electron chi connectivity index (χ2n) is 9.69. The maximum atomic E-state index is 13.0. The van der Waals surface area contributed by atoms with Crippen LogP contribution >= 0.6 is 0 Å². The van der Waals surface area contributed by atoms with Gasteiger partial charge in [0.2, 0.25) is 10.0 Å². The van der Waals surface area contributed by atoms with Crippen LogP contribution in [0.3, 0.4) is 0 Å². The lowest BCUT2D eigenvalue weighted by molar-refractivity contribution is 0.102. The zero-order chi connectivity index (χ0) is 24.5. The third kappa shape index (κ3) is 5.02. The van der Waals surface area contributed by atoms with E-state index in [0.717, 1.165) is 18.5 Å². The van der Waals surface area contributed by atoms with Crippen molar-refractivity contribution in [1.29, 1.82) is 0 Å². The highest BCUT2D eigenvalue weighted by Crippen LogP contribution is 2.26. The highest BCUT2D eigenvalue weighted by atomic mass is 32.2. The highest BCUT2D eigenvalue weighted by molar-refractivity contribution is 7.89. The zero-order valence-corrected chi connectivity index (χ0v) is 20.7. The van der Waals surface area contributed by atoms with Gasteiger partial charge in [-0.15, -0.1) is 0 Å². The van der Waals surface area contributed by atoms with Crippen molar-refractivity contribution in [2.75, 3.05) is 18.4 Å². The maximum absolute atomic E-state index is 13.0. The number of piperidine rings is 1. The molecule has 1 N–H and O–H groups in total. The molecular weight excluding hydrogens is 452 g/mol. The first-order valence-electron chi connectivity index (χ1n) is 11.4. The number of hydrogen-bond donors (Lipinski definition) is 1. The molecule has 2 aromatic heterocycles. The van der Waals surface area contributed by atoms with Crippen molar-refractivity contribution in [3.63, 3.8) is 0 Å². The topological polar surface area (TPSA) is 110 Å². The number of sulfonamides is 1. The maximum Gasteiger partial charge on any atom is 0.256 e. The molecule has 1 saturated heterocycles. The Bertz CT molecular complexity index is 1260. The van der Waals surface area contributed by atoms with Gasteiger partial charge < -0.3 is 5.32 Å². The summed E-state index contributed by atoms with van der Waals surface area (Å²) in [6.45, 7) is 9.26. The fraction of sp³-hybridized carbons (Fsp3) is 0.417. The van der Waals surface area contributed by atoms with E-state index in [1.165, 1.54) is 33.3 Å². The van der Waals surface area contributed by atoms with Crippen LogP contribution in [-0.2, 0) is 15.4 Å². The molecule has 1 aliphatic heterocycles. The predicted octanol–water partition coefficient (Wildman–Crippen LogP) is 3.63. The number of nitrogens with one attached hydrogen (secondary N) is 1. The lowest BCUT2D eigenvalue weighted by Crippen LogP contribution is -2.37. The number of benzene rings is 1. The Morgan fingerprint density at radius 2 is 1.68 bits per heavy atom. The Balaban J connectivity index is 1.56. The average molecular weight is 483 g/mol. The SMILES string of the molecule is CC1CCN(S(=O)(=O)c2ccc(C(=O)Nc3cc(C(C)(C)C)nn3-c3ncccn3)cc2)CC1. The molecule has 0 atom stereocenters. The lowest BCUT2D eigenvalue weighted by atomic mass is 9.92. The van der Waals surface area contributed by atoms with Gasteiger partial charge in [-0.3, -0.25) is 4.79 Å². The number of carbonyl (C=O) groups excluding carboxylic acids is 1. The summed E-state index contributed by atoms with van der Waals surface area (Å²) < 4.78 is 28.9. The summed E-state index contributed by atoms with van der Waals surface area (Å²) in [7, 11) is -3.57. The molecule has 1 aromatic carbocycles. The molecule has 3 heterocycles. The highest BCUT2D eigenvalue weighted by Gasteiger charge is 2.28. The minimum atomic E-state index is -3.57. The van der Waals surface area contributed by atoms with E-state index in [1.54, 1.807) is 24.5 Å². The molecule has 0 bridgehead atoms. The smallest absolute Gasteiger partial charge is 0.256 e. The summed E-state index contributed by atoms with van der Waals surface area (Å²) in [5.41, 5.74) is 0.861. The van der Waals surface area contributed by atoms with Gasteiger partial charge in [0.05, 0.1) is 10.6 Å². The van der Waals surface area contributed by atoms with Crippen LogP contribution in [0.15, 0.2) is 53.7 Å². The largest absolute Gasteiger partial charge is 0.306 e. The molecule has 34 heavy (non-hydrogen) atoms. The molecule has 1 amide bonds. The van der Waals surface area contributed by atoms with Crippen molar-refractivity contribution in [3.05, 3.63) is 60.0 Å². The Morgan fingerprint density at radius 1 is 1.06 bits per heavy atom. The summed E-state index contributed by atoms with van der Waals surface area (Å²) >= 11 is 0. The minimum absolute atomic E-state index is 0.191. The second kappa shape index (κ2) is 9.27. The van der Waals surface area contributed by atoms with Gasteiger partial charge in [0.15, 0.2) is 0 Å². The normalized spacial score (nSPS) is 15.9. The average Bonchev–Trinajstić information content (AvgIpc) is 3.24. The van der Waals surface area contributed by atoms with Gasteiger partial charge >= 0.3 is 0 Å². The van der Waals surface area contributed by atoms with Gasteiger partial charge in [0.25, 0.3) is 11.9 Å². The van der Waals surface area contributed by atoms with E-state index >= 15 is 0 Å². The Kier molecular flexibility index (Phi) is 6.55. The van der Waals surface area contributed by atoms with Gasteiger partial charge in [-0.05, 0) is 49.1 Å². The quantitative estimate of drug-likeness (QED) is 0.595. The minimum Gasteiger partial charge on any atom is -0.306 e. The molecular formula is C24H30N6O3S. The van der Waals surface area contributed by atoms with Crippen LogP contribution in [-0.4, -0.2) is 51.5 Å². The van der Waals surface area contributed by atoms with Crippen molar-refractivity contribution < 1.29 is 13.2 Å². The number of aromatic nitrogens is 4. The third-order valence-corrected chi connectivity index (χ3v) is 7.87. The predicted molar refractivity (Wildman–Crippen MR) is 129 cm³/mol. The molecule has 0 aliphatic carbocycles. The van der Waals surface area contributed by atoms with Gasteiger partial charge in [-0.2, -0.15) is 14.1 Å². The van der Waals surface area contributed by atoms with E-state index in [2.05, 4.69) is 27.3 Å². The van der Waals surface area contributed by atoms with Crippen molar-refractivity contribution >= 4 is 21.7 Å². The van der Waals surface area contributed by atoms with Gasteiger partial charge in [0.1, 0.15) is 5.82 Å². The fourth-order valence-corrected chi connectivity index (χ4v) is 5.20.